The number of rotatable bonds is 15. The second-order valence-corrected chi connectivity index (χ2v) is 10.1. The van der Waals surface area contributed by atoms with E-state index in [1.807, 2.05) is 43.5 Å². The summed E-state index contributed by atoms with van der Waals surface area (Å²) >= 11 is 1.53. The summed E-state index contributed by atoms with van der Waals surface area (Å²) in [7, 11) is 0. The summed E-state index contributed by atoms with van der Waals surface area (Å²) in [6, 6.07) is 5.62. The summed E-state index contributed by atoms with van der Waals surface area (Å²) in [5.41, 5.74) is 6.99. The highest BCUT2D eigenvalue weighted by Crippen LogP contribution is 2.11. The molecule has 3 amide bonds. The van der Waals surface area contributed by atoms with Gasteiger partial charge in [0.1, 0.15) is 18.1 Å². The predicted octanol–water partition coefficient (Wildman–Crippen LogP) is 1.55. The third-order valence-corrected chi connectivity index (χ3v) is 6.55. The van der Waals surface area contributed by atoms with E-state index in [2.05, 4.69) is 16.0 Å². The van der Waals surface area contributed by atoms with E-state index in [0.29, 0.717) is 25.0 Å². The minimum atomic E-state index is -1.13. The van der Waals surface area contributed by atoms with Crippen LogP contribution in [0.4, 0.5) is 0 Å². The second-order valence-electron chi connectivity index (χ2n) is 9.08. The number of hydrogen-bond acceptors (Lipinski definition) is 6. The first-order chi connectivity index (χ1) is 16.5. The molecule has 5 atom stereocenters. The van der Waals surface area contributed by atoms with Crippen molar-refractivity contribution in [1.29, 1.82) is 0 Å². The topological polar surface area (TPSA) is 151 Å². The molecule has 35 heavy (non-hydrogen) atoms. The van der Waals surface area contributed by atoms with Gasteiger partial charge < -0.3 is 26.8 Å². The Morgan fingerprint density at radius 3 is 2.06 bits per heavy atom. The number of aliphatic carboxylic acids is 1. The number of hydrogen-bond donors (Lipinski definition) is 5. The van der Waals surface area contributed by atoms with Crippen molar-refractivity contribution in [1.82, 2.24) is 16.0 Å². The highest BCUT2D eigenvalue weighted by molar-refractivity contribution is 7.98. The molecule has 0 aliphatic rings. The average molecular weight is 509 g/mol. The van der Waals surface area contributed by atoms with E-state index in [9.17, 15) is 24.3 Å². The Balaban J connectivity index is 2.92. The van der Waals surface area contributed by atoms with Crippen molar-refractivity contribution < 1.29 is 24.3 Å². The standard InChI is InChI=1S/C25H40N4O5S/c1-6-16(4)21(25(33)34)29-24(32)20(15(2)3)28-23(31)19(12-13-35-5)27-22(30)18(26)14-17-10-8-7-9-11-17/h7-11,15-16,18-21H,6,12-14,26H2,1-5H3,(H,27,30)(H,28,31)(H,29,32)(H,33,34). The molecule has 196 valence electrons. The largest absolute Gasteiger partial charge is 0.480 e. The van der Waals surface area contributed by atoms with Crippen molar-refractivity contribution in [2.45, 2.75) is 71.1 Å². The number of nitrogens with one attached hydrogen (secondary N) is 3. The van der Waals surface area contributed by atoms with Gasteiger partial charge in [-0.15, -0.1) is 0 Å². The van der Waals surface area contributed by atoms with E-state index < -0.39 is 47.9 Å². The van der Waals surface area contributed by atoms with E-state index in [0.717, 1.165) is 5.56 Å². The summed E-state index contributed by atoms with van der Waals surface area (Å²) in [6.45, 7) is 7.11. The minimum Gasteiger partial charge on any atom is -0.480 e. The molecule has 6 N–H and O–H groups in total. The van der Waals surface area contributed by atoms with Gasteiger partial charge in [0.15, 0.2) is 0 Å². The number of carbonyl (C=O) groups is 4. The highest BCUT2D eigenvalue weighted by atomic mass is 32.2. The molecule has 0 bridgehead atoms. The number of nitrogens with two attached hydrogens (primary N) is 1. The van der Waals surface area contributed by atoms with Crippen molar-refractivity contribution in [2.24, 2.45) is 17.6 Å². The summed E-state index contributed by atoms with van der Waals surface area (Å²) < 4.78 is 0. The molecule has 1 aromatic rings. The van der Waals surface area contributed by atoms with Crippen molar-refractivity contribution >= 4 is 35.5 Å². The molecular formula is C25H40N4O5S. The third-order valence-electron chi connectivity index (χ3n) is 5.90. The van der Waals surface area contributed by atoms with Crippen molar-refractivity contribution in [3.63, 3.8) is 0 Å². The van der Waals surface area contributed by atoms with Crippen LogP contribution in [0.15, 0.2) is 30.3 Å². The van der Waals surface area contributed by atoms with Crippen LogP contribution in [-0.2, 0) is 25.6 Å². The van der Waals surface area contributed by atoms with Crippen molar-refractivity contribution in [3.8, 4) is 0 Å². The molecule has 10 heteroatoms. The normalized spacial score (nSPS) is 15.4. The van der Waals surface area contributed by atoms with E-state index in [1.165, 1.54) is 11.8 Å². The fourth-order valence-electron chi connectivity index (χ4n) is 3.46. The van der Waals surface area contributed by atoms with Gasteiger partial charge in [-0.25, -0.2) is 4.79 Å². The Hall–Kier alpha value is -2.59. The Morgan fingerprint density at radius 1 is 0.943 bits per heavy atom. The van der Waals surface area contributed by atoms with Gasteiger partial charge in [-0.3, -0.25) is 14.4 Å². The molecule has 5 unspecified atom stereocenters. The van der Waals surface area contributed by atoms with Crippen LogP contribution in [0.2, 0.25) is 0 Å². The molecule has 0 fully saturated rings. The lowest BCUT2D eigenvalue weighted by molar-refractivity contribution is -0.144. The third kappa shape index (κ3) is 10.3. The molecular weight excluding hydrogens is 468 g/mol. The Kier molecular flexibility index (Phi) is 13.4. The van der Waals surface area contributed by atoms with Crippen LogP contribution < -0.4 is 21.7 Å². The van der Waals surface area contributed by atoms with Gasteiger partial charge in [-0.1, -0.05) is 64.4 Å². The van der Waals surface area contributed by atoms with Gasteiger partial charge in [-0.2, -0.15) is 11.8 Å². The van der Waals surface area contributed by atoms with Crippen LogP contribution in [0.5, 0.6) is 0 Å². The number of carboxylic acid groups (broad SMARTS) is 1. The smallest absolute Gasteiger partial charge is 0.326 e. The quantitative estimate of drug-likeness (QED) is 0.241. The molecule has 1 aromatic carbocycles. The van der Waals surface area contributed by atoms with Crippen LogP contribution in [0.1, 0.15) is 46.1 Å². The van der Waals surface area contributed by atoms with Crippen LogP contribution in [-0.4, -0.2) is 65.0 Å². The summed E-state index contributed by atoms with van der Waals surface area (Å²) in [5.74, 6) is -2.63. The zero-order valence-corrected chi connectivity index (χ0v) is 22.1. The molecule has 0 aliphatic heterocycles. The maximum Gasteiger partial charge on any atom is 0.326 e. The fourth-order valence-corrected chi connectivity index (χ4v) is 3.93. The Morgan fingerprint density at radius 2 is 1.54 bits per heavy atom. The maximum atomic E-state index is 13.1. The SMILES string of the molecule is CCC(C)C(NC(=O)C(NC(=O)C(CCSC)NC(=O)C(N)Cc1ccccc1)C(C)C)C(=O)O. The first-order valence-corrected chi connectivity index (χ1v) is 13.3. The van der Waals surface area contributed by atoms with Gasteiger partial charge in [0.05, 0.1) is 6.04 Å². The summed E-state index contributed by atoms with van der Waals surface area (Å²) in [5, 5.41) is 17.5. The first-order valence-electron chi connectivity index (χ1n) is 11.9. The average Bonchev–Trinajstić information content (AvgIpc) is 2.82. The van der Waals surface area contributed by atoms with Crippen LogP contribution >= 0.6 is 11.8 Å². The lowest BCUT2D eigenvalue weighted by atomic mass is 9.97. The zero-order chi connectivity index (χ0) is 26.5. The molecule has 0 saturated carbocycles. The second kappa shape index (κ2) is 15.4. The number of thioether (sulfide) groups is 1. The van der Waals surface area contributed by atoms with E-state index in [4.69, 9.17) is 5.73 Å². The maximum absolute atomic E-state index is 13.1. The molecule has 0 saturated heterocycles. The predicted molar refractivity (Wildman–Crippen MR) is 139 cm³/mol. The van der Waals surface area contributed by atoms with Gasteiger partial charge in [-0.05, 0) is 42.2 Å². The summed E-state index contributed by atoms with van der Waals surface area (Å²) in [6.07, 6.45) is 3.14. The van der Waals surface area contributed by atoms with Gasteiger partial charge in [0.25, 0.3) is 0 Å². The molecule has 1 rings (SSSR count). The Bertz CT molecular complexity index is 836. The van der Waals surface area contributed by atoms with Crippen LogP contribution in [0.3, 0.4) is 0 Å². The number of carbonyl (C=O) groups excluding carboxylic acids is 3. The van der Waals surface area contributed by atoms with Gasteiger partial charge >= 0.3 is 5.97 Å². The van der Waals surface area contributed by atoms with E-state index in [-0.39, 0.29) is 11.8 Å². The summed E-state index contributed by atoms with van der Waals surface area (Å²) in [4.78, 5) is 50.4. The van der Waals surface area contributed by atoms with Gasteiger partial charge in [0.2, 0.25) is 17.7 Å². The lowest BCUT2D eigenvalue weighted by Crippen LogP contribution is -2.59. The van der Waals surface area contributed by atoms with Gasteiger partial charge in [0, 0.05) is 0 Å². The molecule has 0 aromatic heterocycles. The number of amides is 3. The fraction of sp³-hybridized carbons (Fsp3) is 0.600. The van der Waals surface area contributed by atoms with Crippen LogP contribution in [0.25, 0.3) is 0 Å². The van der Waals surface area contributed by atoms with Crippen molar-refractivity contribution in [3.05, 3.63) is 35.9 Å². The van der Waals surface area contributed by atoms with Crippen molar-refractivity contribution in [2.75, 3.05) is 12.0 Å². The first kappa shape index (κ1) is 30.4. The lowest BCUT2D eigenvalue weighted by Gasteiger charge is -2.28. The molecule has 0 radical (unpaired) electrons. The van der Waals surface area contributed by atoms with E-state index in [1.54, 1.807) is 20.8 Å². The molecule has 0 heterocycles. The van der Waals surface area contributed by atoms with Crippen LogP contribution in [0, 0.1) is 11.8 Å². The zero-order valence-electron chi connectivity index (χ0n) is 21.2. The number of carboxylic acids is 1. The molecule has 0 aliphatic carbocycles. The minimum absolute atomic E-state index is 0.278. The molecule has 0 spiro atoms. The number of benzene rings is 1. The highest BCUT2D eigenvalue weighted by Gasteiger charge is 2.33. The molecule has 9 nitrogen and oxygen atoms in total. The van der Waals surface area contributed by atoms with E-state index >= 15 is 0 Å². The Labute approximate surface area is 212 Å². The monoisotopic (exact) mass is 508 g/mol.